The maximum absolute atomic E-state index is 13.7. The lowest BCUT2D eigenvalue weighted by atomic mass is 9.97. The van der Waals surface area contributed by atoms with Crippen molar-refractivity contribution in [2.24, 2.45) is 0 Å². The summed E-state index contributed by atoms with van der Waals surface area (Å²) in [5.41, 5.74) is 3.76. The van der Waals surface area contributed by atoms with Crippen molar-refractivity contribution in [3.8, 4) is 16.9 Å². The molecule has 9 nitrogen and oxygen atoms in total. The first-order valence-electron chi connectivity index (χ1n) is 15.8. The van der Waals surface area contributed by atoms with Crippen molar-refractivity contribution < 1.29 is 37.8 Å². The molecule has 0 aromatic heterocycles. The summed E-state index contributed by atoms with van der Waals surface area (Å²) in [4.78, 5) is -0.354. The fraction of sp³-hybridized carbons (Fsp3) is 0.128. The molecule has 0 N–H and O–H groups in total. The van der Waals surface area contributed by atoms with Gasteiger partial charge in [0, 0.05) is 11.1 Å². The summed E-state index contributed by atoms with van der Waals surface area (Å²) in [6, 6.07) is 34.6. The summed E-state index contributed by atoms with van der Waals surface area (Å²) in [7, 11) is -13.2. The molecule has 6 aromatic carbocycles. The highest BCUT2D eigenvalue weighted by atomic mass is 32.2. The van der Waals surface area contributed by atoms with Gasteiger partial charge in [-0.05, 0) is 97.3 Å². The van der Waals surface area contributed by atoms with Crippen LogP contribution in [0.5, 0.6) is 5.75 Å². The molecule has 0 unspecified atom stereocenters. The van der Waals surface area contributed by atoms with E-state index in [0.29, 0.717) is 11.1 Å². The van der Waals surface area contributed by atoms with Crippen LogP contribution < -0.4 is 4.18 Å². The molecular weight excluding hydrogens is 709 g/mol. The van der Waals surface area contributed by atoms with Crippen LogP contribution in [0.4, 0.5) is 0 Å². The number of fused-ring (bicyclic) bond motifs is 1. The van der Waals surface area contributed by atoms with Crippen LogP contribution in [0.2, 0.25) is 0 Å². The molecular formula is C39H34O9S3. The van der Waals surface area contributed by atoms with Crippen LogP contribution in [0.1, 0.15) is 27.8 Å². The Morgan fingerprint density at radius 2 is 0.843 bits per heavy atom. The van der Waals surface area contributed by atoms with Gasteiger partial charge in [0.15, 0.2) is 5.75 Å². The topological polar surface area (TPSA) is 130 Å². The Morgan fingerprint density at radius 1 is 0.431 bits per heavy atom. The third-order valence-corrected chi connectivity index (χ3v) is 12.0. The molecule has 0 aliphatic rings. The molecule has 0 fully saturated rings. The molecule has 0 amide bonds. The van der Waals surface area contributed by atoms with Crippen LogP contribution >= 0.6 is 0 Å². The minimum absolute atomic E-state index is 0.0263. The number of benzene rings is 6. The highest BCUT2D eigenvalue weighted by molar-refractivity contribution is 7.87. The molecule has 0 bridgehead atoms. The molecule has 0 heterocycles. The van der Waals surface area contributed by atoms with E-state index >= 15 is 0 Å². The average molecular weight is 743 g/mol. The van der Waals surface area contributed by atoms with E-state index in [9.17, 15) is 25.3 Å². The maximum Gasteiger partial charge on any atom is 0.339 e. The van der Waals surface area contributed by atoms with E-state index in [1.807, 2.05) is 56.3 Å². The standard InChI is InChI=1S/C39H34O9S3/c1-27-8-16-36(17-9-27)49(40,41)46-25-34-23-33(32-15-14-30-6-4-5-7-31(30)22-32)24-35(26-47-50(42,43)37-18-10-28(2)11-19-37)39(34)48-51(44,45)38-20-12-29(3)13-21-38/h4-24H,25-26H2,1-3H3. The molecule has 6 rings (SSSR count). The molecule has 51 heavy (non-hydrogen) atoms. The molecule has 262 valence electrons. The summed E-state index contributed by atoms with van der Waals surface area (Å²) in [6.45, 7) is 4.14. The number of aryl methyl sites for hydroxylation is 3. The predicted molar refractivity (Wildman–Crippen MR) is 195 cm³/mol. The molecule has 0 saturated carbocycles. The molecule has 6 aromatic rings. The van der Waals surface area contributed by atoms with Crippen LogP contribution in [-0.2, 0) is 51.9 Å². The van der Waals surface area contributed by atoms with Gasteiger partial charge in [0.1, 0.15) is 4.90 Å². The second-order valence-corrected chi connectivity index (χ2v) is 16.9. The Morgan fingerprint density at radius 3 is 1.29 bits per heavy atom. The molecule has 0 aliphatic carbocycles. The summed E-state index contributed by atoms with van der Waals surface area (Å²) >= 11 is 0. The van der Waals surface area contributed by atoms with Crippen molar-refractivity contribution in [1.82, 2.24) is 0 Å². The Balaban J connectivity index is 1.49. The first-order valence-corrected chi connectivity index (χ1v) is 20.0. The van der Waals surface area contributed by atoms with Crippen molar-refractivity contribution in [2.45, 2.75) is 48.7 Å². The monoisotopic (exact) mass is 742 g/mol. The summed E-state index contributed by atoms with van der Waals surface area (Å²) in [5.74, 6) is -0.321. The molecule has 0 radical (unpaired) electrons. The zero-order valence-corrected chi connectivity index (χ0v) is 30.4. The normalized spacial score (nSPS) is 12.2. The third kappa shape index (κ3) is 8.38. The minimum atomic E-state index is -4.51. The molecule has 0 atom stereocenters. The number of rotatable bonds is 12. The number of hydrogen-bond acceptors (Lipinski definition) is 9. The predicted octanol–water partition coefficient (Wildman–Crippen LogP) is 8.01. The van der Waals surface area contributed by atoms with E-state index in [1.165, 1.54) is 36.4 Å². The van der Waals surface area contributed by atoms with E-state index in [2.05, 4.69) is 0 Å². The fourth-order valence-corrected chi connectivity index (χ4v) is 8.08. The van der Waals surface area contributed by atoms with Gasteiger partial charge in [-0.3, -0.25) is 8.37 Å². The quantitative estimate of drug-likeness (QED) is 0.115. The van der Waals surface area contributed by atoms with Crippen LogP contribution in [0.25, 0.3) is 21.9 Å². The van der Waals surface area contributed by atoms with Crippen molar-refractivity contribution in [3.05, 3.63) is 155 Å². The van der Waals surface area contributed by atoms with Gasteiger partial charge in [0.2, 0.25) is 0 Å². The van der Waals surface area contributed by atoms with Crippen LogP contribution in [0, 0.1) is 20.8 Å². The zero-order chi connectivity index (χ0) is 36.4. The lowest BCUT2D eigenvalue weighted by molar-refractivity contribution is 0.296. The summed E-state index contributed by atoms with van der Waals surface area (Å²) in [5, 5.41) is 1.89. The van der Waals surface area contributed by atoms with Gasteiger partial charge in [-0.1, -0.05) is 89.5 Å². The van der Waals surface area contributed by atoms with Gasteiger partial charge in [0.25, 0.3) is 20.2 Å². The largest absolute Gasteiger partial charge is 0.378 e. The second-order valence-electron chi connectivity index (χ2n) is 12.1. The lowest BCUT2D eigenvalue weighted by Crippen LogP contribution is -2.15. The fourth-order valence-electron chi connectivity index (χ4n) is 5.30. The van der Waals surface area contributed by atoms with Crippen LogP contribution in [0.3, 0.4) is 0 Å². The minimum Gasteiger partial charge on any atom is -0.378 e. The molecule has 12 heteroatoms. The van der Waals surface area contributed by atoms with E-state index in [0.717, 1.165) is 27.5 Å². The molecule has 0 aliphatic heterocycles. The van der Waals surface area contributed by atoms with Crippen LogP contribution in [-0.4, -0.2) is 25.3 Å². The van der Waals surface area contributed by atoms with Crippen LogP contribution in [0.15, 0.2) is 142 Å². The third-order valence-electron chi connectivity index (χ3n) is 8.19. The smallest absolute Gasteiger partial charge is 0.339 e. The molecule has 0 saturated heterocycles. The first-order chi connectivity index (χ1) is 24.2. The van der Waals surface area contributed by atoms with E-state index in [-0.39, 0.29) is 31.6 Å². The molecule has 0 spiro atoms. The lowest BCUT2D eigenvalue weighted by Gasteiger charge is -2.19. The Kier molecular flexibility index (Phi) is 10.2. The highest BCUT2D eigenvalue weighted by Crippen LogP contribution is 2.36. The van der Waals surface area contributed by atoms with Gasteiger partial charge in [0.05, 0.1) is 23.0 Å². The summed E-state index contributed by atoms with van der Waals surface area (Å²) in [6.07, 6.45) is 0. The maximum atomic E-state index is 13.7. The van der Waals surface area contributed by atoms with Crippen molar-refractivity contribution in [1.29, 1.82) is 0 Å². The van der Waals surface area contributed by atoms with Gasteiger partial charge < -0.3 is 4.18 Å². The van der Waals surface area contributed by atoms with Crippen molar-refractivity contribution >= 4 is 41.1 Å². The van der Waals surface area contributed by atoms with E-state index in [4.69, 9.17) is 12.5 Å². The van der Waals surface area contributed by atoms with Gasteiger partial charge in [-0.15, -0.1) is 0 Å². The van der Waals surface area contributed by atoms with Crippen molar-refractivity contribution in [2.75, 3.05) is 0 Å². The van der Waals surface area contributed by atoms with Crippen molar-refractivity contribution in [3.63, 3.8) is 0 Å². The average Bonchev–Trinajstić information content (AvgIpc) is 3.11. The highest BCUT2D eigenvalue weighted by Gasteiger charge is 2.26. The zero-order valence-electron chi connectivity index (χ0n) is 27.9. The Labute approximate surface area is 298 Å². The number of hydrogen-bond donors (Lipinski definition) is 0. The van der Waals surface area contributed by atoms with E-state index in [1.54, 1.807) is 55.5 Å². The SMILES string of the molecule is Cc1ccc(S(=O)(=O)OCc2cc(-c3ccc4ccccc4c3)cc(COS(=O)(=O)c3ccc(C)cc3)c2OS(=O)(=O)c2ccc(C)cc2)cc1. The van der Waals surface area contributed by atoms with Gasteiger partial charge in [-0.25, -0.2) is 0 Å². The Bertz CT molecular complexity index is 2440. The summed E-state index contributed by atoms with van der Waals surface area (Å²) < 4.78 is 97.3. The van der Waals surface area contributed by atoms with Gasteiger partial charge >= 0.3 is 10.1 Å². The van der Waals surface area contributed by atoms with Gasteiger partial charge in [-0.2, -0.15) is 25.3 Å². The Hall–Kier alpha value is -4.85. The van der Waals surface area contributed by atoms with E-state index < -0.39 is 43.6 Å². The first kappa shape index (κ1) is 36.0. The second kappa shape index (κ2) is 14.4.